The van der Waals surface area contributed by atoms with Gasteiger partial charge in [-0.15, -0.1) is 10.2 Å². The highest BCUT2D eigenvalue weighted by molar-refractivity contribution is 5.81. The number of likely N-dealkylation sites (tertiary alicyclic amines) is 1. The van der Waals surface area contributed by atoms with E-state index in [1.807, 2.05) is 18.2 Å². The molecule has 3 fully saturated rings. The van der Waals surface area contributed by atoms with Gasteiger partial charge in [-0.05, 0) is 42.7 Å². The van der Waals surface area contributed by atoms with Crippen molar-refractivity contribution in [2.75, 3.05) is 32.1 Å². The summed E-state index contributed by atoms with van der Waals surface area (Å²) in [6.45, 7) is 3.43. The molecular formula is C23H29N5O2. The van der Waals surface area contributed by atoms with Crippen LogP contribution in [0.1, 0.15) is 31.2 Å². The Morgan fingerprint density at radius 1 is 1.17 bits per heavy atom. The van der Waals surface area contributed by atoms with Gasteiger partial charge in [0.25, 0.3) is 0 Å². The van der Waals surface area contributed by atoms with Crippen LogP contribution in [0, 0.1) is 11.8 Å². The third-order valence-electron chi connectivity index (χ3n) is 6.71. The third kappa shape index (κ3) is 3.86. The number of carbonyl (C=O) groups is 1. The van der Waals surface area contributed by atoms with E-state index < -0.39 is 0 Å². The summed E-state index contributed by atoms with van der Waals surface area (Å²) in [5.41, 5.74) is 2.96. The van der Waals surface area contributed by atoms with Crippen LogP contribution in [0.3, 0.4) is 0 Å². The predicted molar refractivity (Wildman–Crippen MR) is 115 cm³/mol. The van der Waals surface area contributed by atoms with Gasteiger partial charge in [-0.25, -0.2) is 0 Å². The molecule has 2 aliphatic heterocycles. The average molecular weight is 408 g/mol. The van der Waals surface area contributed by atoms with Crippen molar-refractivity contribution in [2.24, 2.45) is 11.8 Å². The summed E-state index contributed by atoms with van der Waals surface area (Å²) < 4.78 is 5.59. The van der Waals surface area contributed by atoms with E-state index in [4.69, 9.17) is 4.74 Å². The van der Waals surface area contributed by atoms with Crippen LogP contribution in [0.4, 0.5) is 5.82 Å². The molecular weight excluding hydrogens is 378 g/mol. The number of hydrogen-bond acceptors (Lipinski definition) is 6. The van der Waals surface area contributed by atoms with Crippen LogP contribution in [-0.4, -0.2) is 53.8 Å². The zero-order valence-electron chi connectivity index (χ0n) is 17.4. The smallest absolute Gasteiger partial charge is 0.224 e. The van der Waals surface area contributed by atoms with Gasteiger partial charge in [0.15, 0.2) is 0 Å². The molecule has 7 nitrogen and oxygen atoms in total. The van der Waals surface area contributed by atoms with Crippen molar-refractivity contribution in [1.82, 2.24) is 20.4 Å². The summed E-state index contributed by atoms with van der Waals surface area (Å²) in [5.74, 6) is 2.43. The van der Waals surface area contributed by atoms with Crippen molar-refractivity contribution in [3.8, 4) is 17.0 Å². The Morgan fingerprint density at radius 2 is 2.03 bits per heavy atom. The van der Waals surface area contributed by atoms with Gasteiger partial charge in [0.1, 0.15) is 11.6 Å². The molecule has 0 bridgehead atoms. The molecule has 1 saturated carbocycles. The molecule has 1 aromatic heterocycles. The topological polar surface area (TPSA) is 79.4 Å². The Hall–Kier alpha value is -2.67. The molecule has 0 radical (unpaired) electrons. The summed E-state index contributed by atoms with van der Waals surface area (Å²) in [7, 11) is 1.68. The van der Waals surface area contributed by atoms with Gasteiger partial charge in [0.2, 0.25) is 5.91 Å². The zero-order chi connectivity index (χ0) is 20.5. The quantitative estimate of drug-likeness (QED) is 0.767. The van der Waals surface area contributed by atoms with E-state index in [1.54, 1.807) is 7.11 Å². The maximum atomic E-state index is 11.9. The number of nitrogens with zero attached hydrogens (tertiary/aromatic N) is 3. The molecule has 158 valence electrons. The summed E-state index contributed by atoms with van der Waals surface area (Å²) in [6, 6.07) is 10.8. The number of anilines is 1. The van der Waals surface area contributed by atoms with E-state index in [1.165, 1.54) is 31.2 Å². The number of amides is 1. The lowest BCUT2D eigenvalue weighted by molar-refractivity contribution is -0.122. The second kappa shape index (κ2) is 8.22. The lowest BCUT2D eigenvalue weighted by atomic mass is 10.0. The van der Waals surface area contributed by atoms with E-state index in [0.717, 1.165) is 49.0 Å². The van der Waals surface area contributed by atoms with Crippen molar-refractivity contribution >= 4 is 11.7 Å². The molecule has 2 N–H and O–H groups in total. The molecule has 0 unspecified atom stereocenters. The molecule has 2 saturated heterocycles. The summed E-state index contributed by atoms with van der Waals surface area (Å²) in [4.78, 5) is 14.3. The van der Waals surface area contributed by atoms with Crippen LogP contribution >= 0.6 is 0 Å². The Morgan fingerprint density at radius 3 is 2.77 bits per heavy atom. The van der Waals surface area contributed by atoms with Gasteiger partial charge in [-0.2, -0.15) is 0 Å². The molecule has 2 aromatic rings. The second-order valence-electron chi connectivity index (χ2n) is 8.77. The first kappa shape index (κ1) is 19.3. The molecule has 0 spiro atoms. The number of rotatable bonds is 6. The fourth-order valence-electron chi connectivity index (χ4n) is 5.10. The van der Waals surface area contributed by atoms with Gasteiger partial charge in [0, 0.05) is 43.7 Å². The Labute approximate surface area is 177 Å². The maximum absolute atomic E-state index is 11.9. The number of nitrogens with one attached hydrogen (secondary N) is 2. The lowest BCUT2D eigenvalue weighted by Crippen LogP contribution is -2.28. The SMILES string of the molecule is COc1ccc(CN2C[C@@H]3CNC(=O)[C@@H]3C2)cc1-c1ccc(NC2CCCC2)nn1. The van der Waals surface area contributed by atoms with Crippen LogP contribution in [0.15, 0.2) is 30.3 Å². The monoisotopic (exact) mass is 407 g/mol. The highest BCUT2D eigenvalue weighted by Gasteiger charge is 2.41. The standard InChI is InChI=1S/C23H29N5O2/c1-30-21-8-6-15(12-28-13-16-11-24-23(29)19(16)14-28)10-18(21)20-7-9-22(27-26-20)25-17-4-2-3-5-17/h6-10,16-17,19H,2-5,11-14H2,1H3,(H,24,29)(H,25,27)/t16-,19+/m0/s1. The summed E-state index contributed by atoms with van der Waals surface area (Å²) in [5, 5.41) is 15.3. The number of ether oxygens (including phenoxy) is 1. The number of carbonyl (C=O) groups excluding carboxylic acids is 1. The van der Waals surface area contributed by atoms with Gasteiger partial charge in [0.05, 0.1) is 18.7 Å². The zero-order valence-corrected chi connectivity index (χ0v) is 17.4. The first-order chi connectivity index (χ1) is 14.7. The summed E-state index contributed by atoms with van der Waals surface area (Å²) >= 11 is 0. The number of hydrogen-bond donors (Lipinski definition) is 2. The van der Waals surface area contributed by atoms with Crippen LogP contribution in [-0.2, 0) is 11.3 Å². The maximum Gasteiger partial charge on any atom is 0.224 e. The number of benzene rings is 1. The Bertz CT molecular complexity index is 910. The van der Waals surface area contributed by atoms with Crippen LogP contribution in [0.2, 0.25) is 0 Å². The first-order valence-corrected chi connectivity index (χ1v) is 11.0. The molecule has 1 amide bonds. The predicted octanol–water partition coefficient (Wildman–Crippen LogP) is 2.68. The minimum Gasteiger partial charge on any atom is -0.496 e. The van der Waals surface area contributed by atoms with Gasteiger partial charge < -0.3 is 15.4 Å². The van der Waals surface area contributed by atoms with E-state index in [9.17, 15) is 4.79 Å². The Balaban J connectivity index is 1.31. The fraction of sp³-hybridized carbons (Fsp3) is 0.522. The molecule has 1 aromatic carbocycles. The van der Waals surface area contributed by atoms with E-state index in [2.05, 4.69) is 37.9 Å². The van der Waals surface area contributed by atoms with Gasteiger partial charge in [-0.3, -0.25) is 9.69 Å². The van der Waals surface area contributed by atoms with Crippen LogP contribution in [0.5, 0.6) is 5.75 Å². The van der Waals surface area contributed by atoms with E-state index in [-0.39, 0.29) is 11.8 Å². The van der Waals surface area contributed by atoms with Gasteiger partial charge in [-0.1, -0.05) is 18.9 Å². The number of fused-ring (bicyclic) bond motifs is 1. The molecule has 3 heterocycles. The minimum atomic E-state index is 0.147. The second-order valence-corrected chi connectivity index (χ2v) is 8.77. The molecule has 2 atom stereocenters. The normalized spacial score (nSPS) is 24.1. The largest absolute Gasteiger partial charge is 0.496 e. The van der Waals surface area contributed by atoms with E-state index in [0.29, 0.717) is 12.0 Å². The van der Waals surface area contributed by atoms with Crippen LogP contribution in [0.25, 0.3) is 11.3 Å². The van der Waals surface area contributed by atoms with Crippen LogP contribution < -0.4 is 15.4 Å². The first-order valence-electron chi connectivity index (χ1n) is 11.0. The summed E-state index contributed by atoms with van der Waals surface area (Å²) in [6.07, 6.45) is 4.99. The molecule has 7 heteroatoms. The van der Waals surface area contributed by atoms with E-state index >= 15 is 0 Å². The fourth-order valence-corrected chi connectivity index (χ4v) is 5.10. The molecule has 30 heavy (non-hydrogen) atoms. The molecule has 1 aliphatic carbocycles. The highest BCUT2D eigenvalue weighted by Crippen LogP contribution is 2.32. The highest BCUT2D eigenvalue weighted by atomic mass is 16.5. The van der Waals surface area contributed by atoms with Crippen molar-refractivity contribution in [1.29, 1.82) is 0 Å². The Kier molecular flexibility index (Phi) is 5.29. The van der Waals surface area contributed by atoms with Crippen molar-refractivity contribution < 1.29 is 9.53 Å². The average Bonchev–Trinajstić information content (AvgIpc) is 3.49. The van der Waals surface area contributed by atoms with Crippen molar-refractivity contribution in [2.45, 2.75) is 38.3 Å². The number of aromatic nitrogens is 2. The molecule has 5 rings (SSSR count). The number of methoxy groups -OCH3 is 1. The van der Waals surface area contributed by atoms with Crippen molar-refractivity contribution in [3.05, 3.63) is 35.9 Å². The minimum absolute atomic E-state index is 0.147. The molecule has 3 aliphatic rings. The van der Waals surface area contributed by atoms with Gasteiger partial charge >= 0.3 is 0 Å². The third-order valence-corrected chi connectivity index (χ3v) is 6.71. The lowest BCUT2D eigenvalue weighted by Gasteiger charge is -2.18. The van der Waals surface area contributed by atoms with Crippen molar-refractivity contribution in [3.63, 3.8) is 0 Å².